The molecule has 0 N–H and O–H groups in total. The van der Waals surface area contributed by atoms with E-state index in [1.165, 1.54) is 11.0 Å². The molecule has 124 valence electrons. The van der Waals surface area contributed by atoms with Crippen molar-refractivity contribution in [2.75, 3.05) is 18.1 Å². The molecule has 0 spiro atoms. The minimum atomic E-state index is -0.619. The Morgan fingerprint density at radius 1 is 1.25 bits per heavy atom. The van der Waals surface area contributed by atoms with Crippen LogP contribution in [-0.4, -0.2) is 25.0 Å². The van der Waals surface area contributed by atoms with Crippen molar-refractivity contribution >= 4 is 52.1 Å². The van der Waals surface area contributed by atoms with E-state index >= 15 is 0 Å². The third-order valence-corrected chi connectivity index (χ3v) is 4.42. The molecule has 0 bridgehead atoms. The van der Waals surface area contributed by atoms with Gasteiger partial charge in [0.25, 0.3) is 5.91 Å². The third-order valence-electron chi connectivity index (χ3n) is 2.97. The Hall–Kier alpha value is -2.07. The first-order chi connectivity index (χ1) is 11.5. The first-order valence-electron chi connectivity index (χ1n) is 6.86. The summed E-state index contributed by atoms with van der Waals surface area (Å²) in [6.45, 7) is -0.260. The molecule has 8 heteroatoms. The van der Waals surface area contributed by atoms with Crippen molar-refractivity contribution in [1.82, 2.24) is 0 Å². The largest absolute Gasteiger partial charge is 0.451 e. The van der Waals surface area contributed by atoms with Gasteiger partial charge in [-0.15, -0.1) is 11.3 Å². The summed E-state index contributed by atoms with van der Waals surface area (Å²) in [4.78, 5) is 25.9. The highest BCUT2D eigenvalue weighted by atomic mass is 35.5. The predicted molar refractivity (Wildman–Crippen MR) is 93.6 cm³/mol. The normalized spacial score (nSPS) is 10.0. The van der Waals surface area contributed by atoms with Gasteiger partial charge in [-0.2, -0.15) is 5.26 Å². The fourth-order valence-electron chi connectivity index (χ4n) is 1.90. The van der Waals surface area contributed by atoms with Crippen molar-refractivity contribution in [2.45, 2.75) is 6.42 Å². The van der Waals surface area contributed by atoms with Crippen LogP contribution >= 0.6 is 34.5 Å². The third kappa shape index (κ3) is 4.96. The fourth-order valence-corrected chi connectivity index (χ4v) is 3.03. The SMILES string of the molecule is N#CCCN(C(=O)COC(=O)c1ccc(Cl)s1)c1cccc(Cl)c1. The first kappa shape index (κ1) is 18.3. The number of hydrogen-bond acceptors (Lipinski definition) is 5. The Labute approximate surface area is 153 Å². The van der Waals surface area contributed by atoms with Gasteiger partial charge >= 0.3 is 5.97 Å². The van der Waals surface area contributed by atoms with E-state index in [0.29, 0.717) is 19.9 Å². The van der Waals surface area contributed by atoms with Crippen LogP contribution in [0.25, 0.3) is 0 Å². The molecule has 1 aromatic carbocycles. The second kappa shape index (κ2) is 8.69. The zero-order chi connectivity index (χ0) is 17.5. The molecule has 2 rings (SSSR count). The van der Waals surface area contributed by atoms with Crippen molar-refractivity contribution < 1.29 is 14.3 Å². The van der Waals surface area contributed by atoms with Gasteiger partial charge in [0, 0.05) is 17.3 Å². The summed E-state index contributed by atoms with van der Waals surface area (Å²) >= 11 is 12.8. The Balaban J connectivity index is 2.05. The Morgan fingerprint density at radius 2 is 2.04 bits per heavy atom. The molecule has 2 aromatic rings. The number of thiophene rings is 1. The van der Waals surface area contributed by atoms with E-state index in [9.17, 15) is 9.59 Å². The molecule has 0 fully saturated rings. The number of rotatable bonds is 6. The minimum Gasteiger partial charge on any atom is -0.451 e. The van der Waals surface area contributed by atoms with Crippen molar-refractivity contribution in [3.63, 3.8) is 0 Å². The number of carbonyl (C=O) groups is 2. The molecule has 0 aliphatic rings. The minimum absolute atomic E-state index is 0.146. The van der Waals surface area contributed by atoms with Gasteiger partial charge in [-0.1, -0.05) is 29.3 Å². The Kier molecular flexibility index (Phi) is 6.62. The molecule has 0 unspecified atom stereocenters. The first-order valence-corrected chi connectivity index (χ1v) is 8.44. The number of nitriles is 1. The van der Waals surface area contributed by atoms with Crippen LogP contribution in [0.15, 0.2) is 36.4 Å². The van der Waals surface area contributed by atoms with Crippen LogP contribution in [-0.2, 0) is 9.53 Å². The van der Waals surface area contributed by atoms with Crippen molar-refractivity contribution in [1.29, 1.82) is 5.26 Å². The lowest BCUT2D eigenvalue weighted by Crippen LogP contribution is -2.35. The summed E-state index contributed by atoms with van der Waals surface area (Å²) < 4.78 is 5.48. The lowest BCUT2D eigenvalue weighted by atomic mass is 10.2. The summed E-state index contributed by atoms with van der Waals surface area (Å²) in [7, 11) is 0. The smallest absolute Gasteiger partial charge is 0.348 e. The highest BCUT2D eigenvalue weighted by Gasteiger charge is 2.19. The number of benzene rings is 1. The molecular formula is C16H12Cl2N2O3S. The summed E-state index contributed by atoms with van der Waals surface area (Å²) in [5, 5.41) is 9.22. The number of esters is 1. The van der Waals surface area contributed by atoms with E-state index < -0.39 is 18.5 Å². The molecule has 0 saturated carbocycles. The summed E-state index contributed by atoms with van der Waals surface area (Å²) in [6, 6.07) is 11.8. The second-order valence-electron chi connectivity index (χ2n) is 4.61. The average molecular weight is 383 g/mol. The van der Waals surface area contributed by atoms with Crippen LogP contribution in [0.2, 0.25) is 9.36 Å². The Morgan fingerprint density at radius 3 is 2.67 bits per heavy atom. The van der Waals surface area contributed by atoms with Crippen LogP contribution in [0.4, 0.5) is 5.69 Å². The van der Waals surface area contributed by atoms with Gasteiger partial charge in [0.15, 0.2) is 6.61 Å². The second-order valence-corrected chi connectivity index (χ2v) is 6.76. The van der Waals surface area contributed by atoms with Crippen molar-refractivity contribution in [2.24, 2.45) is 0 Å². The van der Waals surface area contributed by atoms with E-state index in [1.807, 2.05) is 6.07 Å². The molecular weight excluding hydrogens is 371 g/mol. The van der Waals surface area contributed by atoms with Crippen molar-refractivity contribution in [3.8, 4) is 6.07 Å². The summed E-state index contributed by atoms with van der Waals surface area (Å²) in [6.07, 6.45) is 0.146. The van der Waals surface area contributed by atoms with Crippen LogP contribution in [0, 0.1) is 11.3 Å². The van der Waals surface area contributed by atoms with Crippen LogP contribution in [0.3, 0.4) is 0 Å². The van der Waals surface area contributed by atoms with Crippen LogP contribution in [0.5, 0.6) is 0 Å². The number of hydrogen-bond donors (Lipinski definition) is 0. The Bertz CT molecular complexity index is 786. The summed E-state index contributed by atoms with van der Waals surface area (Å²) in [5.41, 5.74) is 0.540. The van der Waals surface area contributed by atoms with Gasteiger partial charge < -0.3 is 9.64 Å². The zero-order valence-corrected chi connectivity index (χ0v) is 14.7. The molecule has 0 aliphatic heterocycles. The van der Waals surface area contributed by atoms with E-state index in [-0.39, 0.29) is 13.0 Å². The highest BCUT2D eigenvalue weighted by Crippen LogP contribution is 2.23. The number of nitrogens with zero attached hydrogens (tertiary/aromatic N) is 2. The number of anilines is 1. The quantitative estimate of drug-likeness (QED) is 0.703. The van der Waals surface area contributed by atoms with Gasteiger partial charge in [-0.05, 0) is 30.3 Å². The molecule has 5 nitrogen and oxygen atoms in total. The molecule has 0 aliphatic carbocycles. The number of ether oxygens (including phenoxy) is 1. The van der Waals surface area contributed by atoms with Crippen LogP contribution < -0.4 is 4.90 Å². The predicted octanol–water partition coefficient (Wildman–Crippen LogP) is 4.16. The molecule has 0 atom stereocenters. The monoisotopic (exact) mass is 382 g/mol. The number of halogens is 2. The summed E-state index contributed by atoms with van der Waals surface area (Å²) in [5.74, 6) is -1.06. The van der Waals surface area contributed by atoms with Gasteiger partial charge in [0.05, 0.1) is 16.8 Å². The topological polar surface area (TPSA) is 70.4 Å². The fraction of sp³-hybridized carbons (Fsp3) is 0.188. The lowest BCUT2D eigenvalue weighted by Gasteiger charge is -2.21. The van der Waals surface area contributed by atoms with Gasteiger partial charge in [-0.3, -0.25) is 4.79 Å². The van der Waals surface area contributed by atoms with Gasteiger partial charge in [0.2, 0.25) is 0 Å². The maximum absolute atomic E-state index is 12.4. The molecule has 0 saturated heterocycles. The maximum Gasteiger partial charge on any atom is 0.348 e. The lowest BCUT2D eigenvalue weighted by molar-refractivity contribution is -0.121. The average Bonchev–Trinajstić information content (AvgIpc) is 2.99. The van der Waals surface area contributed by atoms with Crippen molar-refractivity contribution in [3.05, 3.63) is 50.6 Å². The zero-order valence-electron chi connectivity index (χ0n) is 12.4. The van der Waals surface area contributed by atoms with E-state index in [2.05, 4.69) is 0 Å². The molecule has 1 amide bonds. The number of amides is 1. The van der Waals surface area contributed by atoms with Gasteiger partial charge in [0.1, 0.15) is 4.88 Å². The van der Waals surface area contributed by atoms with E-state index in [4.69, 9.17) is 33.2 Å². The van der Waals surface area contributed by atoms with E-state index in [0.717, 1.165) is 11.3 Å². The van der Waals surface area contributed by atoms with Crippen LogP contribution in [0.1, 0.15) is 16.1 Å². The standard InChI is InChI=1S/C16H12Cl2N2O3S/c17-11-3-1-4-12(9-11)20(8-2-7-19)15(21)10-23-16(22)13-5-6-14(18)24-13/h1,3-6,9H,2,8,10H2. The maximum atomic E-state index is 12.4. The molecule has 24 heavy (non-hydrogen) atoms. The van der Waals surface area contributed by atoms with Gasteiger partial charge in [-0.25, -0.2) is 4.79 Å². The molecule has 0 radical (unpaired) electrons. The number of carbonyl (C=O) groups excluding carboxylic acids is 2. The van der Waals surface area contributed by atoms with E-state index in [1.54, 1.807) is 30.3 Å². The molecule has 1 aromatic heterocycles. The highest BCUT2D eigenvalue weighted by molar-refractivity contribution is 7.17. The molecule has 1 heterocycles.